The summed E-state index contributed by atoms with van der Waals surface area (Å²) in [6.07, 6.45) is 0. The number of ether oxygens (including phenoxy) is 2. The van der Waals surface area contributed by atoms with E-state index in [1.54, 1.807) is 19.2 Å². The van der Waals surface area contributed by atoms with Crippen molar-refractivity contribution in [1.82, 2.24) is 9.78 Å². The quantitative estimate of drug-likeness (QED) is 0.411. The Hall–Kier alpha value is -3.42. The summed E-state index contributed by atoms with van der Waals surface area (Å²) >= 11 is 0. The predicted molar refractivity (Wildman–Crippen MR) is 129 cm³/mol. The molecule has 3 rings (SSSR count). The van der Waals surface area contributed by atoms with Crippen molar-refractivity contribution in [2.75, 3.05) is 14.2 Å². The number of nitrogens with zero attached hydrogens (tertiary/aromatic N) is 5. The summed E-state index contributed by atoms with van der Waals surface area (Å²) in [5, 5.41) is 22.9. The summed E-state index contributed by atoms with van der Waals surface area (Å²) in [7, 11) is -0.199. The molecule has 0 aliphatic heterocycles. The van der Waals surface area contributed by atoms with Crippen LogP contribution in [0.15, 0.2) is 57.6 Å². The number of aryl methyl sites for hydroxylation is 1. The van der Waals surface area contributed by atoms with Crippen LogP contribution in [-0.2, 0) is 39.3 Å². The van der Waals surface area contributed by atoms with Gasteiger partial charge >= 0.3 is 0 Å². The van der Waals surface area contributed by atoms with Crippen molar-refractivity contribution < 1.29 is 44.6 Å². The molecule has 0 spiro atoms. The van der Waals surface area contributed by atoms with Crippen LogP contribution in [-0.4, -0.2) is 43.4 Å². The second kappa shape index (κ2) is 11.1. The Morgan fingerprint density at radius 1 is 1.08 bits per heavy atom. The molecule has 0 atom stereocenters. The first-order chi connectivity index (χ1) is 16.4. The summed E-state index contributed by atoms with van der Waals surface area (Å²) in [5.74, 6) is -0.972. The number of hydrogen-bond donors (Lipinski definition) is 1. The molecule has 3 aromatic rings. The molecule has 13 heteroatoms. The molecular weight excluding hydrogens is 533 g/mol. The van der Waals surface area contributed by atoms with Crippen molar-refractivity contribution in [1.29, 1.82) is 0 Å². The van der Waals surface area contributed by atoms with Gasteiger partial charge in [0, 0.05) is 40.9 Å². The number of amides is 1. The number of carbonyl (C=O) groups is 1. The average molecular weight is 559 g/mol. The van der Waals surface area contributed by atoms with E-state index in [4.69, 9.17) is 9.47 Å². The second-order valence-corrected chi connectivity index (χ2v) is 10.1. The van der Waals surface area contributed by atoms with Gasteiger partial charge < -0.3 is 24.1 Å². The van der Waals surface area contributed by atoms with E-state index >= 15 is 0 Å². The third-order valence-corrected chi connectivity index (χ3v) is 6.23. The predicted octanol–water partition coefficient (Wildman–Crippen LogP) is 4.76. The Morgan fingerprint density at radius 3 is 2.36 bits per heavy atom. The van der Waals surface area contributed by atoms with E-state index in [0.29, 0.717) is 5.69 Å². The largest absolute Gasteiger partial charge is 0.537 e. The second-order valence-electron chi connectivity index (χ2n) is 8.50. The third-order valence-electron chi connectivity index (χ3n) is 4.95. The number of azo groups is 1. The van der Waals surface area contributed by atoms with Crippen molar-refractivity contribution >= 4 is 27.3 Å². The van der Waals surface area contributed by atoms with Gasteiger partial charge in [-0.3, -0.25) is 0 Å². The van der Waals surface area contributed by atoms with Gasteiger partial charge in [-0.1, -0.05) is 39.0 Å². The van der Waals surface area contributed by atoms with Crippen molar-refractivity contribution in [3.63, 3.8) is 0 Å². The first-order valence-corrected chi connectivity index (χ1v) is 11.8. The maximum Gasteiger partial charge on any atom is 0.238 e. The van der Waals surface area contributed by atoms with Crippen LogP contribution in [0, 0.1) is 0 Å². The minimum atomic E-state index is -4.45. The molecule has 0 unspecified atom stereocenters. The fraction of sp³-hybridized carbons (Fsp3) is 0.304. The van der Waals surface area contributed by atoms with Gasteiger partial charge in [-0.2, -0.15) is 5.10 Å². The Kier molecular flexibility index (Phi) is 8.88. The molecule has 195 valence electrons. The molecule has 11 nitrogen and oxygen atoms in total. The molecule has 0 saturated carbocycles. The van der Waals surface area contributed by atoms with Crippen LogP contribution in [0.3, 0.4) is 0 Å². The molecule has 36 heavy (non-hydrogen) atoms. The summed E-state index contributed by atoms with van der Waals surface area (Å²) < 4.78 is 40.8. The number of aromatic hydroxyl groups is 1. The number of methoxy groups -OCH3 is 2. The molecule has 2 aromatic carbocycles. The van der Waals surface area contributed by atoms with Gasteiger partial charge in [-0.05, 0) is 18.2 Å². The van der Waals surface area contributed by atoms with Crippen molar-refractivity contribution in [3.8, 4) is 17.4 Å². The van der Waals surface area contributed by atoms with Gasteiger partial charge in [0.25, 0.3) is 0 Å². The molecular formula is C23H26CoN5O6S-. The monoisotopic (exact) mass is 559 g/mol. The van der Waals surface area contributed by atoms with E-state index in [2.05, 4.69) is 20.0 Å². The van der Waals surface area contributed by atoms with E-state index in [1.807, 2.05) is 20.8 Å². The normalized spacial score (nSPS) is 11.7. The van der Waals surface area contributed by atoms with Gasteiger partial charge in [-0.15, -0.1) is 10.2 Å². The maximum absolute atomic E-state index is 12.9. The first-order valence-electron chi connectivity index (χ1n) is 10.4. The number of sulfonamides is 1. The van der Waals surface area contributed by atoms with Crippen LogP contribution in [0.1, 0.15) is 36.8 Å². The van der Waals surface area contributed by atoms with Crippen LogP contribution in [0.5, 0.6) is 17.4 Å². The summed E-state index contributed by atoms with van der Waals surface area (Å²) in [6, 6.07) is 10.2. The van der Waals surface area contributed by atoms with Crippen LogP contribution < -0.4 is 9.47 Å². The van der Waals surface area contributed by atoms with Crippen LogP contribution >= 0.6 is 0 Å². The minimum Gasteiger partial charge on any atom is -0.537 e. The number of hydrogen-bond acceptors (Lipinski definition) is 9. The Balaban J connectivity index is 0.00000456. The van der Waals surface area contributed by atoms with E-state index in [1.165, 1.54) is 49.2 Å². The molecule has 0 fully saturated rings. The summed E-state index contributed by atoms with van der Waals surface area (Å²) in [6.45, 7) is 5.71. The van der Waals surface area contributed by atoms with E-state index in [0.717, 1.165) is 0 Å². The summed E-state index contributed by atoms with van der Waals surface area (Å²) in [4.78, 5) is 12.6. The van der Waals surface area contributed by atoms with Gasteiger partial charge in [0.15, 0.2) is 5.69 Å². The van der Waals surface area contributed by atoms with Crippen molar-refractivity contribution in [3.05, 3.63) is 58.4 Å². The molecule has 1 aromatic heterocycles. The van der Waals surface area contributed by atoms with Gasteiger partial charge in [0.2, 0.25) is 5.88 Å². The average Bonchev–Trinajstić information content (AvgIpc) is 3.11. The van der Waals surface area contributed by atoms with Crippen LogP contribution in [0.4, 0.5) is 11.4 Å². The van der Waals surface area contributed by atoms with E-state index in [-0.39, 0.29) is 56.0 Å². The molecule has 0 aliphatic rings. The van der Waals surface area contributed by atoms with Crippen molar-refractivity contribution in [2.45, 2.75) is 31.1 Å². The third kappa shape index (κ3) is 6.03. The maximum atomic E-state index is 12.9. The minimum absolute atomic E-state index is 0. The smallest absolute Gasteiger partial charge is 0.238 e. The van der Waals surface area contributed by atoms with Gasteiger partial charge in [-0.25, -0.2) is 13.1 Å². The number of rotatable bonds is 7. The molecule has 1 heterocycles. The van der Waals surface area contributed by atoms with E-state index in [9.17, 15) is 18.3 Å². The fourth-order valence-corrected chi connectivity index (χ4v) is 4.23. The zero-order valence-corrected chi connectivity index (χ0v) is 22.4. The summed E-state index contributed by atoms with van der Waals surface area (Å²) in [5.41, 5.74) is 0.177. The molecule has 1 radical (unpaired) electrons. The number of aromatic nitrogens is 2. The standard InChI is InChI=1S/C23H27N5O6S.Co/c1-23(2,3)20-19(22(30)28(4)26-20)25-24-16-10-8-7-9-15(16)21(29)27-35(31,32)18-13-14(33-5)11-12-17(18)34-6;/h7-13H,1-6H3,(H2,24,26,27,29,30);/p-1. The Morgan fingerprint density at radius 2 is 1.75 bits per heavy atom. The molecule has 0 saturated heterocycles. The fourth-order valence-electron chi connectivity index (χ4n) is 3.14. The Labute approximate surface area is 219 Å². The molecule has 0 bridgehead atoms. The van der Waals surface area contributed by atoms with Crippen LogP contribution in [0.2, 0.25) is 0 Å². The van der Waals surface area contributed by atoms with Crippen LogP contribution in [0.25, 0.3) is 4.72 Å². The number of benzene rings is 2. The zero-order valence-electron chi connectivity index (χ0n) is 20.5. The topological polar surface area (TPSA) is 147 Å². The molecule has 1 amide bonds. The van der Waals surface area contributed by atoms with Crippen molar-refractivity contribution in [2.24, 2.45) is 17.3 Å². The van der Waals surface area contributed by atoms with E-state index < -0.39 is 21.3 Å². The van der Waals surface area contributed by atoms with Gasteiger partial charge in [0.1, 0.15) is 21.5 Å². The zero-order chi connectivity index (χ0) is 26.0. The molecule has 0 aliphatic carbocycles. The first kappa shape index (κ1) is 28.8. The molecule has 1 N–H and O–H groups in total. The van der Waals surface area contributed by atoms with Gasteiger partial charge in [0.05, 0.1) is 36.4 Å². The SMILES string of the molecule is COc1ccc(OC)c(S(=O)(=O)[N-]C(=O)c2ccccc2N=Nc2c(C(C)(C)C)nn(C)c2O)c1.[Co]. The number of carbonyl (C=O) groups excluding carboxylic acids is 1. The Bertz CT molecular complexity index is 1400.